The number of rotatable bonds is 6. The maximum atomic E-state index is 13.4. The number of hydrogen-bond donors (Lipinski definition) is 4. The van der Waals surface area contributed by atoms with E-state index in [1.807, 2.05) is 0 Å². The van der Waals surface area contributed by atoms with Crippen LogP contribution in [0.5, 0.6) is 0 Å². The molecule has 276 valence electrons. The minimum atomic E-state index is -0.309. The SMILES string of the molecule is O[C@@H]1CCNC[C@@]12CCN(C(c1ccc(F)cc1)c1ccc(F)cc1)C2.O[C@H]1CCNC[C@@]12CCN(C(c1ccc(F)cc1)c1ccc(F)cc1)C2. The first-order valence-electron chi connectivity index (χ1n) is 18.4. The number of hydrogen-bond acceptors (Lipinski definition) is 6. The first kappa shape index (κ1) is 36.7. The molecule has 4 atom stereocenters. The maximum Gasteiger partial charge on any atom is 0.123 e. The van der Waals surface area contributed by atoms with Gasteiger partial charge in [0.25, 0.3) is 0 Å². The predicted molar refractivity (Wildman–Crippen MR) is 194 cm³/mol. The van der Waals surface area contributed by atoms with Crippen molar-refractivity contribution in [1.82, 2.24) is 20.4 Å². The molecule has 6 nitrogen and oxygen atoms in total. The van der Waals surface area contributed by atoms with E-state index in [1.165, 1.54) is 48.5 Å². The molecule has 8 rings (SSSR count). The Kier molecular flexibility index (Phi) is 11.1. The smallest absolute Gasteiger partial charge is 0.123 e. The first-order chi connectivity index (χ1) is 25.1. The van der Waals surface area contributed by atoms with Gasteiger partial charge in [0.2, 0.25) is 0 Å². The average Bonchev–Trinajstić information content (AvgIpc) is 3.77. The van der Waals surface area contributed by atoms with Crippen LogP contribution in [0.25, 0.3) is 0 Å². The molecule has 4 fully saturated rings. The molecule has 4 aliphatic rings. The normalized spacial score (nSPS) is 26.7. The van der Waals surface area contributed by atoms with Crippen molar-refractivity contribution in [3.8, 4) is 0 Å². The Hall–Kier alpha value is -3.64. The van der Waals surface area contributed by atoms with Crippen LogP contribution in [0, 0.1) is 34.1 Å². The molecule has 0 radical (unpaired) electrons. The highest BCUT2D eigenvalue weighted by Gasteiger charge is 2.48. The van der Waals surface area contributed by atoms with E-state index < -0.39 is 0 Å². The molecular weight excluding hydrogens is 668 g/mol. The summed E-state index contributed by atoms with van der Waals surface area (Å²) in [5.74, 6) is -1.07. The lowest BCUT2D eigenvalue weighted by Crippen LogP contribution is -2.51. The standard InChI is InChI=1S/2C21H24F2N2O/c2*22-17-5-1-15(2-6-17)20(16-3-7-18(23)8-4-16)25-12-10-21(14-25)13-24-11-9-19(21)26/h2*1-8,19-20,24,26H,9-14H2/t19-,21+;19-,21-/m01/s1. The number of aliphatic hydroxyl groups excluding tert-OH is 2. The summed E-state index contributed by atoms with van der Waals surface area (Å²) in [5.41, 5.74) is 3.64. The van der Waals surface area contributed by atoms with Gasteiger partial charge in [0, 0.05) is 37.0 Å². The highest BCUT2D eigenvalue weighted by Crippen LogP contribution is 2.43. The second kappa shape index (κ2) is 15.8. The van der Waals surface area contributed by atoms with E-state index >= 15 is 0 Å². The molecule has 4 heterocycles. The number of nitrogens with zero attached hydrogens (tertiary/aromatic N) is 2. The van der Waals surface area contributed by atoms with Crippen LogP contribution in [0.15, 0.2) is 97.1 Å². The summed E-state index contributed by atoms with van der Waals surface area (Å²) in [6.07, 6.45) is 2.75. The molecule has 0 aliphatic carbocycles. The quantitative estimate of drug-likeness (QED) is 0.178. The predicted octanol–water partition coefficient (Wildman–Crippen LogP) is 6.20. The number of halogens is 4. The summed E-state index contributed by atoms with van der Waals surface area (Å²) >= 11 is 0. The number of nitrogens with one attached hydrogen (secondary N) is 2. The number of benzene rings is 4. The first-order valence-corrected chi connectivity index (χ1v) is 18.4. The summed E-state index contributed by atoms with van der Waals surface area (Å²) in [6.45, 7) is 6.54. The molecule has 4 saturated heterocycles. The summed E-state index contributed by atoms with van der Waals surface area (Å²) in [5, 5.41) is 28.0. The van der Waals surface area contributed by atoms with Gasteiger partial charge in [0.15, 0.2) is 0 Å². The monoisotopic (exact) mass is 716 g/mol. The van der Waals surface area contributed by atoms with Crippen molar-refractivity contribution in [2.24, 2.45) is 10.8 Å². The lowest BCUT2D eigenvalue weighted by Gasteiger charge is -2.39. The molecule has 4 aromatic carbocycles. The largest absolute Gasteiger partial charge is 0.392 e. The van der Waals surface area contributed by atoms with Gasteiger partial charge < -0.3 is 20.8 Å². The molecule has 0 unspecified atom stereocenters. The van der Waals surface area contributed by atoms with Crippen LogP contribution in [0.3, 0.4) is 0 Å². The van der Waals surface area contributed by atoms with Crippen molar-refractivity contribution in [3.63, 3.8) is 0 Å². The second-order valence-corrected chi connectivity index (χ2v) is 15.1. The van der Waals surface area contributed by atoms with Crippen molar-refractivity contribution in [1.29, 1.82) is 0 Å². The third-order valence-corrected chi connectivity index (χ3v) is 11.9. The maximum absolute atomic E-state index is 13.4. The van der Waals surface area contributed by atoms with E-state index in [2.05, 4.69) is 20.4 Å². The Bertz CT molecular complexity index is 1540. The molecule has 10 heteroatoms. The minimum absolute atomic E-state index is 0.0790. The highest BCUT2D eigenvalue weighted by molar-refractivity contribution is 5.34. The van der Waals surface area contributed by atoms with Crippen molar-refractivity contribution < 1.29 is 27.8 Å². The molecule has 0 aromatic heterocycles. The Morgan fingerprint density at radius 1 is 0.500 bits per heavy atom. The lowest BCUT2D eigenvalue weighted by molar-refractivity contribution is 0.00371. The van der Waals surface area contributed by atoms with Gasteiger partial charge in [-0.25, -0.2) is 17.6 Å². The molecule has 4 aromatic rings. The van der Waals surface area contributed by atoms with Crippen LogP contribution in [0.4, 0.5) is 17.6 Å². The van der Waals surface area contributed by atoms with Gasteiger partial charge >= 0.3 is 0 Å². The van der Waals surface area contributed by atoms with Gasteiger partial charge in [-0.15, -0.1) is 0 Å². The van der Waals surface area contributed by atoms with Crippen LogP contribution in [0.2, 0.25) is 0 Å². The van der Waals surface area contributed by atoms with Crippen LogP contribution >= 0.6 is 0 Å². The zero-order chi connectivity index (χ0) is 36.3. The van der Waals surface area contributed by atoms with E-state index in [0.29, 0.717) is 0 Å². The summed E-state index contributed by atoms with van der Waals surface area (Å²) in [6, 6.07) is 25.9. The fourth-order valence-electron chi connectivity index (χ4n) is 8.94. The summed E-state index contributed by atoms with van der Waals surface area (Å²) in [7, 11) is 0. The lowest BCUT2D eigenvalue weighted by atomic mass is 9.77. The van der Waals surface area contributed by atoms with Gasteiger partial charge in [-0.1, -0.05) is 48.5 Å². The van der Waals surface area contributed by atoms with Crippen LogP contribution in [-0.4, -0.2) is 84.6 Å². The fourth-order valence-corrected chi connectivity index (χ4v) is 8.94. The third-order valence-electron chi connectivity index (χ3n) is 11.9. The summed E-state index contributed by atoms with van der Waals surface area (Å²) in [4.78, 5) is 4.66. The van der Waals surface area contributed by atoms with Crippen LogP contribution in [0.1, 0.15) is 60.0 Å². The number of likely N-dealkylation sites (tertiary alicyclic amines) is 2. The number of aliphatic hydroxyl groups is 2. The topological polar surface area (TPSA) is 71.0 Å². The van der Waals surface area contributed by atoms with Crippen LogP contribution in [-0.2, 0) is 0 Å². The molecule has 4 aliphatic heterocycles. The fraction of sp³-hybridized carbons (Fsp3) is 0.429. The van der Waals surface area contributed by atoms with Gasteiger partial charge in [0.1, 0.15) is 23.3 Å². The molecular formula is C42H48F4N4O2. The second-order valence-electron chi connectivity index (χ2n) is 15.1. The minimum Gasteiger partial charge on any atom is -0.392 e. The molecule has 0 saturated carbocycles. The molecule has 0 bridgehead atoms. The van der Waals surface area contributed by atoms with Crippen LogP contribution < -0.4 is 10.6 Å². The van der Waals surface area contributed by atoms with E-state index in [1.54, 1.807) is 48.5 Å². The van der Waals surface area contributed by atoms with Gasteiger partial charge in [0.05, 0.1) is 24.3 Å². The van der Waals surface area contributed by atoms with Gasteiger partial charge in [-0.3, -0.25) is 9.80 Å². The Balaban J connectivity index is 0.000000162. The van der Waals surface area contributed by atoms with Crippen molar-refractivity contribution in [2.75, 3.05) is 52.4 Å². The zero-order valence-corrected chi connectivity index (χ0v) is 29.3. The van der Waals surface area contributed by atoms with Crippen molar-refractivity contribution in [3.05, 3.63) is 143 Å². The van der Waals surface area contributed by atoms with Gasteiger partial charge in [-0.05, 0) is 123 Å². The zero-order valence-electron chi connectivity index (χ0n) is 29.3. The molecule has 52 heavy (non-hydrogen) atoms. The summed E-state index contributed by atoms with van der Waals surface area (Å²) < 4.78 is 53.7. The van der Waals surface area contributed by atoms with E-state index in [-0.39, 0.29) is 58.4 Å². The molecule has 2 spiro atoms. The Labute approximate surface area is 303 Å². The molecule has 0 amide bonds. The van der Waals surface area contributed by atoms with E-state index in [9.17, 15) is 27.8 Å². The highest BCUT2D eigenvalue weighted by atomic mass is 19.1. The Morgan fingerprint density at radius 2 is 0.788 bits per heavy atom. The van der Waals surface area contributed by atoms with Gasteiger partial charge in [-0.2, -0.15) is 0 Å². The van der Waals surface area contributed by atoms with Crippen molar-refractivity contribution >= 4 is 0 Å². The number of piperidine rings is 2. The van der Waals surface area contributed by atoms with Crippen molar-refractivity contribution in [2.45, 2.75) is 50.0 Å². The third kappa shape index (κ3) is 7.83. The van der Waals surface area contributed by atoms with E-state index in [4.69, 9.17) is 0 Å². The molecule has 4 N–H and O–H groups in total. The van der Waals surface area contributed by atoms with E-state index in [0.717, 1.165) is 100 Å². The average molecular weight is 717 g/mol. The Morgan fingerprint density at radius 3 is 1.06 bits per heavy atom.